The topological polar surface area (TPSA) is 61.9 Å². The van der Waals surface area contributed by atoms with Crippen LogP contribution < -0.4 is 4.90 Å². The zero-order chi connectivity index (χ0) is 13.9. The minimum atomic E-state index is -0.186. The first-order valence-electron chi connectivity index (χ1n) is 6.67. The number of carbonyl (C=O) groups is 1. The van der Waals surface area contributed by atoms with Crippen molar-refractivity contribution in [2.75, 3.05) is 11.4 Å². The maximum Gasteiger partial charge on any atom is 0.240 e. The van der Waals surface area contributed by atoms with Crippen molar-refractivity contribution in [3.05, 3.63) is 36.2 Å². The summed E-state index contributed by atoms with van der Waals surface area (Å²) in [7, 11) is 0. The molecule has 0 radical (unpaired) electrons. The first-order valence-corrected chi connectivity index (χ1v) is 7.55. The predicted octanol–water partition coefficient (Wildman–Crippen LogP) is 2.26. The smallest absolute Gasteiger partial charge is 0.240 e. The van der Waals surface area contributed by atoms with Crippen molar-refractivity contribution in [3.63, 3.8) is 0 Å². The van der Waals surface area contributed by atoms with E-state index in [1.165, 1.54) is 23.7 Å². The first kappa shape index (κ1) is 13.2. The number of carbonyl (C=O) groups excluding carboxylic acids is 1. The van der Waals surface area contributed by atoms with E-state index in [0.717, 1.165) is 25.1 Å². The number of rotatable bonds is 3. The van der Waals surface area contributed by atoms with Gasteiger partial charge in [0.1, 0.15) is 6.33 Å². The molecule has 0 bridgehead atoms. The zero-order valence-corrected chi connectivity index (χ0v) is 12.1. The van der Waals surface area contributed by atoms with Gasteiger partial charge in [0.15, 0.2) is 5.16 Å². The van der Waals surface area contributed by atoms with Crippen LogP contribution in [0.4, 0.5) is 5.69 Å². The molecule has 0 spiro atoms. The van der Waals surface area contributed by atoms with Crippen molar-refractivity contribution in [3.8, 4) is 0 Å². The lowest BCUT2D eigenvalue weighted by Gasteiger charge is -2.31. The number of aryl methyl sites for hydroxylation is 1. The van der Waals surface area contributed by atoms with Crippen molar-refractivity contribution in [1.29, 1.82) is 0 Å². The second-order valence-electron chi connectivity index (χ2n) is 4.77. The van der Waals surface area contributed by atoms with Crippen molar-refractivity contribution in [1.82, 2.24) is 15.2 Å². The number of hydrogen-bond acceptors (Lipinski definition) is 4. The van der Waals surface area contributed by atoms with Gasteiger partial charge in [-0.3, -0.25) is 9.89 Å². The summed E-state index contributed by atoms with van der Waals surface area (Å²) in [5, 5.41) is 7.07. The van der Waals surface area contributed by atoms with E-state index in [0.29, 0.717) is 5.16 Å². The summed E-state index contributed by atoms with van der Waals surface area (Å²) < 4.78 is 0. The van der Waals surface area contributed by atoms with Gasteiger partial charge >= 0.3 is 0 Å². The summed E-state index contributed by atoms with van der Waals surface area (Å²) >= 11 is 1.41. The molecule has 1 aliphatic heterocycles. The van der Waals surface area contributed by atoms with E-state index >= 15 is 0 Å². The molecule has 1 aromatic carbocycles. The van der Waals surface area contributed by atoms with Crippen LogP contribution in [0.5, 0.6) is 0 Å². The van der Waals surface area contributed by atoms with E-state index in [2.05, 4.69) is 21.2 Å². The second kappa shape index (κ2) is 5.66. The minimum absolute atomic E-state index is 0.124. The number of nitrogens with zero attached hydrogens (tertiary/aromatic N) is 3. The van der Waals surface area contributed by atoms with Gasteiger partial charge in [-0.15, -0.1) is 0 Å². The predicted molar refractivity (Wildman–Crippen MR) is 78.8 cm³/mol. The van der Waals surface area contributed by atoms with Crippen molar-refractivity contribution in [2.24, 2.45) is 0 Å². The Morgan fingerprint density at radius 3 is 3.10 bits per heavy atom. The number of para-hydroxylation sites is 1. The normalized spacial score (nSPS) is 15.8. The monoisotopic (exact) mass is 288 g/mol. The van der Waals surface area contributed by atoms with E-state index in [9.17, 15) is 4.79 Å². The number of fused-ring (bicyclic) bond motifs is 1. The van der Waals surface area contributed by atoms with Crippen molar-refractivity contribution < 1.29 is 4.79 Å². The highest BCUT2D eigenvalue weighted by molar-refractivity contribution is 8.00. The molecule has 1 amide bonds. The molecule has 104 valence electrons. The molecule has 6 heteroatoms. The SMILES string of the molecule is CC(Sc1ncn[nH]1)C(=O)N1CCCc2ccccc21. The van der Waals surface area contributed by atoms with E-state index in [4.69, 9.17) is 0 Å². The van der Waals surface area contributed by atoms with Crippen LogP contribution in [0.1, 0.15) is 18.9 Å². The number of H-pyrrole nitrogens is 1. The highest BCUT2D eigenvalue weighted by Crippen LogP contribution is 2.29. The van der Waals surface area contributed by atoms with Crippen LogP contribution >= 0.6 is 11.8 Å². The van der Waals surface area contributed by atoms with Crippen molar-refractivity contribution in [2.45, 2.75) is 30.2 Å². The number of aromatic amines is 1. The largest absolute Gasteiger partial charge is 0.311 e. The summed E-state index contributed by atoms with van der Waals surface area (Å²) in [4.78, 5) is 18.6. The molecule has 1 unspecified atom stereocenters. The molecule has 0 fully saturated rings. The van der Waals surface area contributed by atoms with Gasteiger partial charge in [-0.05, 0) is 31.4 Å². The summed E-state index contributed by atoms with van der Waals surface area (Å²) in [6.07, 6.45) is 3.52. The van der Waals surface area contributed by atoms with Gasteiger partial charge in [0, 0.05) is 12.2 Å². The van der Waals surface area contributed by atoms with Gasteiger partial charge in [0.25, 0.3) is 0 Å². The Kier molecular flexibility index (Phi) is 3.73. The van der Waals surface area contributed by atoms with E-state index in [1.54, 1.807) is 0 Å². The molecular formula is C14H16N4OS. The van der Waals surface area contributed by atoms with Gasteiger partial charge in [0.2, 0.25) is 5.91 Å². The average Bonchev–Trinajstić information content (AvgIpc) is 2.99. The summed E-state index contributed by atoms with van der Waals surface area (Å²) in [6.45, 7) is 2.70. The van der Waals surface area contributed by atoms with Gasteiger partial charge in [-0.2, -0.15) is 5.10 Å². The van der Waals surface area contributed by atoms with Gasteiger partial charge in [0.05, 0.1) is 5.25 Å². The molecule has 1 N–H and O–H groups in total. The minimum Gasteiger partial charge on any atom is -0.311 e. The Morgan fingerprint density at radius 1 is 1.45 bits per heavy atom. The summed E-state index contributed by atoms with van der Waals surface area (Å²) in [5.74, 6) is 0.124. The Hall–Kier alpha value is -1.82. The number of aromatic nitrogens is 3. The fourth-order valence-corrected chi connectivity index (χ4v) is 3.23. The Balaban J connectivity index is 1.77. The lowest BCUT2D eigenvalue weighted by molar-refractivity contribution is -0.117. The Morgan fingerprint density at radius 2 is 2.30 bits per heavy atom. The summed E-state index contributed by atoms with van der Waals surface area (Å²) in [6, 6.07) is 8.14. The molecule has 1 aliphatic rings. The number of anilines is 1. The molecule has 20 heavy (non-hydrogen) atoms. The van der Waals surface area contributed by atoms with Crippen LogP contribution in [-0.2, 0) is 11.2 Å². The number of hydrogen-bond donors (Lipinski definition) is 1. The Labute approximate surface area is 121 Å². The first-order chi connectivity index (χ1) is 9.75. The highest BCUT2D eigenvalue weighted by Gasteiger charge is 2.27. The number of benzene rings is 1. The average molecular weight is 288 g/mol. The van der Waals surface area contributed by atoms with Crippen LogP contribution in [0.25, 0.3) is 0 Å². The molecule has 1 atom stereocenters. The number of nitrogens with one attached hydrogen (secondary N) is 1. The van der Waals surface area contributed by atoms with E-state index in [1.807, 2.05) is 30.0 Å². The molecular weight excluding hydrogens is 272 g/mol. The van der Waals surface area contributed by atoms with Gasteiger partial charge in [-0.1, -0.05) is 30.0 Å². The third kappa shape index (κ3) is 2.56. The van der Waals surface area contributed by atoms with E-state index < -0.39 is 0 Å². The number of amides is 1. The lowest BCUT2D eigenvalue weighted by Crippen LogP contribution is -2.40. The zero-order valence-electron chi connectivity index (χ0n) is 11.2. The third-order valence-electron chi connectivity index (χ3n) is 3.41. The fraction of sp³-hybridized carbons (Fsp3) is 0.357. The maximum atomic E-state index is 12.6. The van der Waals surface area contributed by atoms with Crippen LogP contribution in [-0.4, -0.2) is 32.9 Å². The molecule has 2 heterocycles. The number of thioether (sulfide) groups is 1. The molecule has 0 aliphatic carbocycles. The molecule has 1 aromatic heterocycles. The molecule has 5 nitrogen and oxygen atoms in total. The van der Waals surface area contributed by atoms with E-state index in [-0.39, 0.29) is 11.2 Å². The van der Waals surface area contributed by atoms with Crippen LogP contribution in [0.15, 0.2) is 35.7 Å². The van der Waals surface area contributed by atoms with Crippen LogP contribution in [0.2, 0.25) is 0 Å². The maximum absolute atomic E-state index is 12.6. The van der Waals surface area contributed by atoms with Crippen molar-refractivity contribution >= 4 is 23.4 Å². The fourth-order valence-electron chi connectivity index (χ4n) is 2.45. The van der Waals surface area contributed by atoms with Crippen LogP contribution in [0.3, 0.4) is 0 Å². The molecule has 3 rings (SSSR count). The lowest BCUT2D eigenvalue weighted by atomic mass is 10.0. The van der Waals surface area contributed by atoms with Gasteiger partial charge in [-0.25, -0.2) is 4.98 Å². The molecule has 0 saturated carbocycles. The standard InChI is InChI=1S/C14H16N4OS/c1-10(20-14-15-9-16-17-14)13(19)18-8-4-6-11-5-2-3-7-12(11)18/h2-3,5,7,9-10H,4,6,8H2,1H3,(H,15,16,17). The molecule has 2 aromatic rings. The second-order valence-corrected chi connectivity index (χ2v) is 6.10. The quantitative estimate of drug-likeness (QED) is 0.880. The Bertz CT molecular complexity index is 599. The summed E-state index contributed by atoms with van der Waals surface area (Å²) in [5.41, 5.74) is 2.30. The van der Waals surface area contributed by atoms with Gasteiger partial charge < -0.3 is 4.90 Å². The van der Waals surface area contributed by atoms with Crippen LogP contribution in [0, 0.1) is 0 Å². The highest BCUT2D eigenvalue weighted by atomic mass is 32.2. The third-order valence-corrected chi connectivity index (χ3v) is 4.38. The molecule has 0 saturated heterocycles.